The van der Waals surface area contributed by atoms with E-state index in [4.69, 9.17) is 4.42 Å². The SMILES string of the molecule is CN(c1cccc(C(=O)NCc2ccco2)c1)S(=O)(=O)c1ccccc1. The number of rotatable bonds is 6. The average Bonchev–Trinajstić information content (AvgIpc) is 3.20. The molecular weight excluding hydrogens is 352 g/mol. The number of benzene rings is 2. The number of amides is 1. The molecule has 0 saturated carbocycles. The Morgan fingerprint density at radius 1 is 1.04 bits per heavy atom. The maximum absolute atomic E-state index is 12.7. The molecule has 0 fully saturated rings. The molecule has 3 rings (SSSR count). The Balaban J connectivity index is 1.79. The smallest absolute Gasteiger partial charge is 0.264 e. The second-order valence-electron chi connectivity index (χ2n) is 5.60. The van der Waals surface area contributed by atoms with E-state index in [1.54, 1.807) is 48.5 Å². The van der Waals surface area contributed by atoms with Gasteiger partial charge in [-0.25, -0.2) is 8.42 Å². The minimum absolute atomic E-state index is 0.190. The van der Waals surface area contributed by atoms with Crippen molar-refractivity contribution in [2.45, 2.75) is 11.4 Å². The van der Waals surface area contributed by atoms with E-state index in [1.807, 2.05) is 0 Å². The zero-order valence-electron chi connectivity index (χ0n) is 14.1. The summed E-state index contributed by atoms with van der Waals surface area (Å²) in [7, 11) is -2.24. The van der Waals surface area contributed by atoms with Gasteiger partial charge in [-0.2, -0.15) is 0 Å². The fourth-order valence-electron chi connectivity index (χ4n) is 2.41. The number of furan rings is 1. The molecule has 1 amide bonds. The maximum atomic E-state index is 12.7. The van der Waals surface area contributed by atoms with Crippen LogP contribution >= 0.6 is 0 Å². The third-order valence-electron chi connectivity index (χ3n) is 3.88. The molecule has 7 heteroatoms. The summed E-state index contributed by atoms with van der Waals surface area (Å²) in [4.78, 5) is 12.5. The molecule has 0 aliphatic rings. The number of nitrogens with one attached hydrogen (secondary N) is 1. The van der Waals surface area contributed by atoms with Crippen LogP contribution in [0.3, 0.4) is 0 Å². The summed E-state index contributed by atoms with van der Waals surface area (Å²) in [5.74, 6) is 0.326. The molecule has 1 aromatic heterocycles. The predicted octanol–water partition coefficient (Wildman–Crippen LogP) is 3.03. The summed E-state index contributed by atoms with van der Waals surface area (Å²) in [6.45, 7) is 0.258. The van der Waals surface area contributed by atoms with Crippen LogP contribution < -0.4 is 9.62 Å². The summed E-state index contributed by atoms with van der Waals surface area (Å²) in [6, 6.07) is 18.1. The number of sulfonamides is 1. The zero-order chi connectivity index (χ0) is 18.6. The van der Waals surface area contributed by atoms with Gasteiger partial charge in [0, 0.05) is 12.6 Å². The minimum atomic E-state index is -3.70. The van der Waals surface area contributed by atoms with E-state index >= 15 is 0 Å². The minimum Gasteiger partial charge on any atom is -0.467 e. The molecule has 6 nitrogen and oxygen atoms in total. The van der Waals surface area contributed by atoms with E-state index in [0.29, 0.717) is 17.0 Å². The van der Waals surface area contributed by atoms with Crippen LogP contribution in [0, 0.1) is 0 Å². The first-order valence-corrected chi connectivity index (χ1v) is 9.37. The highest BCUT2D eigenvalue weighted by molar-refractivity contribution is 7.92. The molecule has 0 atom stereocenters. The van der Waals surface area contributed by atoms with Gasteiger partial charge >= 0.3 is 0 Å². The van der Waals surface area contributed by atoms with Gasteiger partial charge in [-0.05, 0) is 42.5 Å². The molecule has 2 aromatic carbocycles. The van der Waals surface area contributed by atoms with Crippen molar-refractivity contribution in [2.24, 2.45) is 0 Å². The van der Waals surface area contributed by atoms with E-state index in [0.717, 1.165) is 4.31 Å². The number of hydrogen-bond donors (Lipinski definition) is 1. The fourth-order valence-corrected chi connectivity index (χ4v) is 3.62. The number of hydrogen-bond acceptors (Lipinski definition) is 4. The van der Waals surface area contributed by atoms with Gasteiger partial charge in [0.25, 0.3) is 15.9 Å². The molecule has 0 aliphatic heterocycles. The van der Waals surface area contributed by atoms with Crippen LogP contribution in [0.5, 0.6) is 0 Å². The van der Waals surface area contributed by atoms with Crippen molar-refractivity contribution >= 4 is 21.6 Å². The molecule has 0 saturated heterocycles. The Morgan fingerprint density at radius 3 is 2.50 bits per heavy atom. The largest absolute Gasteiger partial charge is 0.467 e. The molecule has 0 bridgehead atoms. The molecule has 3 aromatic rings. The van der Waals surface area contributed by atoms with E-state index in [2.05, 4.69) is 5.32 Å². The highest BCUT2D eigenvalue weighted by Crippen LogP contribution is 2.22. The van der Waals surface area contributed by atoms with E-state index in [-0.39, 0.29) is 17.3 Å². The number of carbonyl (C=O) groups excluding carboxylic acids is 1. The molecule has 26 heavy (non-hydrogen) atoms. The van der Waals surface area contributed by atoms with E-state index in [9.17, 15) is 13.2 Å². The van der Waals surface area contributed by atoms with Crippen LogP contribution in [0.2, 0.25) is 0 Å². The molecule has 0 unspecified atom stereocenters. The third-order valence-corrected chi connectivity index (χ3v) is 5.68. The Hall–Kier alpha value is -3.06. The van der Waals surface area contributed by atoms with Crippen molar-refractivity contribution in [1.82, 2.24) is 5.32 Å². The summed E-state index contributed by atoms with van der Waals surface area (Å²) < 4.78 is 31.7. The lowest BCUT2D eigenvalue weighted by atomic mass is 10.2. The Bertz CT molecular complexity index is 983. The van der Waals surface area contributed by atoms with Gasteiger partial charge in [0.05, 0.1) is 23.4 Å². The zero-order valence-corrected chi connectivity index (χ0v) is 14.9. The first-order valence-electron chi connectivity index (χ1n) is 7.93. The van der Waals surface area contributed by atoms with Crippen molar-refractivity contribution in [1.29, 1.82) is 0 Å². The quantitative estimate of drug-likeness (QED) is 0.723. The van der Waals surface area contributed by atoms with Gasteiger partial charge in [-0.15, -0.1) is 0 Å². The Morgan fingerprint density at radius 2 is 1.81 bits per heavy atom. The van der Waals surface area contributed by atoms with Crippen LogP contribution in [0.1, 0.15) is 16.1 Å². The molecule has 134 valence electrons. The number of carbonyl (C=O) groups is 1. The normalized spacial score (nSPS) is 11.1. The van der Waals surface area contributed by atoms with Crippen LogP contribution in [0.4, 0.5) is 5.69 Å². The van der Waals surface area contributed by atoms with E-state index < -0.39 is 10.0 Å². The molecule has 0 radical (unpaired) electrons. The standard InChI is InChI=1S/C19H18N2O4S/c1-21(26(23,24)18-10-3-2-4-11-18)16-8-5-7-15(13-16)19(22)20-14-17-9-6-12-25-17/h2-13H,14H2,1H3,(H,20,22). The molecule has 1 heterocycles. The second-order valence-corrected chi connectivity index (χ2v) is 7.57. The van der Waals surface area contributed by atoms with Gasteiger partial charge in [-0.3, -0.25) is 9.10 Å². The number of nitrogens with zero attached hydrogens (tertiary/aromatic N) is 1. The first kappa shape index (κ1) is 17.8. The average molecular weight is 370 g/mol. The maximum Gasteiger partial charge on any atom is 0.264 e. The monoisotopic (exact) mass is 370 g/mol. The van der Waals surface area contributed by atoms with Crippen molar-refractivity contribution in [3.63, 3.8) is 0 Å². The van der Waals surface area contributed by atoms with Gasteiger partial charge in [0.15, 0.2) is 0 Å². The first-order chi connectivity index (χ1) is 12.5. The predicted molar refractivity (Wildman–Crippen MR) is 98.4 cm³/mol. The van der Waals surface area contributed by atoms with Crippen LogP contribution in [-0.4, -0.2) is 21.4 Å². The summed E-state index contributed by atoms with van der Waals surface area (Å²) in [5, 5.41) is 2.74. The highest BCUT2D eigenvalue weighted by Gasteiger charge is 2.21. The molecular formula is C19H18N2O4S. The fraction of sp³-hybridized carbons (Fsp3) is 0.105. The van der Waals surface area contributed by atoms with Crippen molar-refractivity contribution in [3.05, 3.63) is 84.3 Å². The summed E-state index contributed by atoms with van der Waals surface area (Å²) in [5.41, 5.74) is 0.767. The molecule has 1 N–H and O–H groups in total. The lowest BCUT2D eigenvalue weighted by molar-refractivity contribution is 0.0948. The molecule has 0 spiro atoms. The summed E-state index contributed by atoms with van der Waals surface area (Å²) in [6.07, 6.45) is 1.53. The Kier molecular flexibility index (Phi) is 5.09. The second kappa shape index (κ2) is 7.45. The van der Waals surface area contributed by atoms with E-state index in [1.165, 1.54) is 31.5 Å². The van der Waals surface area contributed by atoms with Gasteiger partial charge in [0.2, 0.25) is 0 Å². The van der Waals surface area contributed by atoms with Crippen LogP contribution in [0.25, 0.3) is 0 Å². The van der Waals surface area contributed by atoms with Crippen molar-refractivity contribution in [2.75, 3.05) is 11.4 Å². The Labute approximate surface area is 152 Å². The van der Waals surface area contributed by atoms with Gasteiger partial charge in [-0.1, -0.05) is 24.3 Å². The van der Waals surface area contributed by atoms with Crippen molar-refractivity contribution in [3.8, 4) is 0 Å². The lowest BCUT2D eigenvalue weighted by Crippen LogP contribution is -2.27. The lowest BCUT2D eigenvalue weighted by Gasteiger charge is -2.20. The number of anilines is 1. The van der Waals surface area contributed by atoms with Crippen LogP contribution in [-0.2, 0) is 16.6 Å². The van der Waals surface area contributed by atoms with Gasteiger partial charge < -0.3 is 9.73 Å². The summed E-state index contributed by atoms with van der Waals surface area (Å²) >= 11 is 0. The molecule has 0 aliphatic carbocycles. The van der Waals surface area contributed by atoms with Crippen molar-refractivity contribution < 1.29 is 17.6 Å². The highest BCUT2D eigenvalue weighted by atomic mass is 32.2. The van der Waals surface area contributed by atoms with Gasteiger partial charge in [0.1, 0.15) is 5.76 Å². The third kappa shape index (κ3) is 3.78. The van der Waals surface area contributed by atoms with Crippen LogP contribution in [0.15, 0.2) is 82.3 Å². The topological polar surface area (TPSA) is 79.6 Å².